The van der Waals surface area contributed by atoms with Crippen LogP contribution in [0.5, 0.6) is 0 Å². The van der Waals surface area contributed by atoms with Gasteiger partial charge in [-0.2, -0.15) is 0 Å². The average molecular weight is 854 g/mol. The topological polar surface area (TPSA) is 12.9 Å². The highest BCUT2D eigenvalue weighted by Gasteiger charge is 2.17. The van der Waals surface area contributed by atoms with Crippen LogP contribution in [0.1, 0.15) is 74.9 Å². The van der Waals surface area contributed by atoms with Gasteiger partial charge < -0.3 is 0 Å². The van der Waals surface area contributed by atoms with Crippen LogP contribution < -0.4 is 0 Å². The molecule has 10 aromatic rings. The molecule has 0 saturated carbocycles. The molecule has 9 aromatic carbocycles. The molecule has 0 saturated heterocycles. The second-order valence-corrected chi connectivity index (χ2v) is 20.3. The fourth-order valence-corrected chi connectivity index (χ4v) is 9.83. The number of hydrogen-bond donors (Lipinski definition) is 0. The summed E-state index contributed by atoms with van der Waals surface area (Å²) >= 11 is 0. The van der Waals surface area contributed by atoms with Gasteiger partial charge in [0.15, 0.2) is 0 Å². The molecule has 0 aliphatic carbocycles. The van der Waals surface area contributed by atoms with Crippen LogP contribution in [-0.2, 0) is 36.5 Å². The smallest absolute Gasteiger partial charge is 0.0708 e. The number of rotatable bonds is 10. The molecule has 10 rings (SSSR count). The zero-order chi connectivity index (χ0) is 45.4. The van der Waals surface area contributed by atoms with Crippen LogP contribution in [-0.4, -0.2) is 4.98 Å². The quantitative estimate of drug-likeness (QED) is 0.125. The van der Waals surface area contributed by atoms with E-state index in [9.17, 15) is 0 Å². The minimum atomic E-state index is 0.125. The number of nitrogens with zero attached hydrogens (tertiary/aromatic N) is 1. The molecule has 1 aromatic heterocycles. The lowest BCUT2D eigenvalue weighted by atomic mass is 9.85. The van der Waals surface area contributed by atoms with Crippen LogP contribution in [0.4, 0.5) is 0 Å². The third-order valence-electron chi connectivity index (χ3n) is 13.6. The van der Waals surface area contributed by atoms with E-state index in [4.69, 9.17) is 4.98 Å². The Labute approximate surface area is 391 Å². The van der Waals surface area contributed by atoms with E-state index < -0.39 is 0 Å². The standard InChI is InChI=1S/C65H59N/c1-64(2,3)53-17-13-15-44(40-53)25-27-46-37-47(28-26-45-16-14-18-54(41-45)65(4,5)6)39-52(38-46)56-20-8-7-19-55(56)48-29-31-49(32-30-48)63-43-51(35-36-66-63)50-33-34-61-59-23-10-9-21-57(59)58-22-11-12-24-60(58)62(61)42-50/h7-24,29-43H,25-28H2,1-6H3. The van der Waals surface area contributed by atoms with Crippen molar-refractivity contribution in [1.29, 1.82) is 0 Å². The van der Waals surface area contributed by atoms with Gasteiger partial charge in [0.1, 0.15) is 0 Å². The molecule has 0 aliphatic rings. The van der Waals surface area contributed by atoms with Crippen molar-refractivity contribution in [3.8, 4) is 44.6 Å². The highest BCUT2D eigenvalue weighted by Crippen LogP contribution is 2.39. The van der Waals surface area contributed by atoms with E-state index in [1.54, 1.807) is 0 Å². The van der Waals surface area contributed by atoms with Crippen LogP contribution >= 0.6 is 0 Å². The molecule has 1 heteroatoms. The number of aryl methyl sites for hydroxylation is 4. The maximum Gasteiger partial charge on any atom is 0.0708 e. The third kappa shape index (κ3) is 8.96. The summed E-state index contributed by atoms with van der Waals surface area (Å²) in [5.41, 5.74) is 18.0. The summed E-state index contributed by atoms with van der Waals surface area (Å²) in [6.07, 6.45) is 5.94. The molecule has 0 atom stereocenters. The number of benzene rings is 9. The first-order valence-electron chi connectivity index (χ1n) is 23.8. The molecule has 0 aliphatic heterocycles. The molecule has 0 bridgehead atoms. The zero-order valence-corrected chi connectivity index (χ0v) is 39.3. The lowest BCUT2D eigenvalue weighted by molar-refractivity contribution is 0.589. The molecule has 1 nitrogen and oxygen atoms in total. The minimum absolute atomic E-state index is 0.125. The van der Waals surface area contributed by atoms with Crippen LogP contribution in [0, 0.1) is 0 Å². The van der Waals surface area contributed by atoms with Crippen LogP contribution in [0.3, 0.4) is 0 Å². The molecule has 0 unspecified atom stereocenters. The minimum Gasteiger partial charge on any atom is -0.256 e. The van der Waals surface area contributed by atoms with Crippen molar-refractivity contribution >= 4 is 32.3 Å². The maximum absolute atomic E-state index is 4.89. The molecule has 0 fully saturated rings. The Kier molecular flexibility index (Phi) is 11.5. The molecule has 0 radical (unpaired) electrons. The van der Waals surface area contributed by atoms with Gasteiger partial charge in [0.25, 0.3) is 0 Å². The molecule has 324 valence electrons. The van der Waals surface area contributed by atoms with Gasteiger partial charge in [-0.15, -0.1) is 0 Å². The number of pyridine rings is 1. The summed E-state index contributed by atoms with van der Waals surface area (Å²) in [7, 11) is 0. The SMILES string of the molecule is CC(C)(C)c1cccc(CCc2cc(CCc3cccc(C(C)(C)C)c3)cc(-c3ccccc3-c3ccc(-c4cc(-c5ccc6c7ccccc7c7ccccc7c6c5)ccn4)cc3)c2)c1. The first kappa shape index (κ1) is 42.8. The number of fused-ring (bicyclic) bond motifs is 6. The Bertz CT molecular complexity index is 3260. The van der Waals surface area contributed by atoms with Gasteiger partial charge in [-0.25, -0.2) is 0 Å². The summed E-state index contributed by atoms with van der Waals surface area (Å²) in [4.78, 5) is 4.89. The summed E-state index contributed by atoms with van der Waals surface area (Å²) in [5.74, 6) is 0. The van der Waals surface area contributed by atoms with Crippen LogP contribution in [0.25, 0.3) is 77.0 Å². The van der Waals surface area contributed by atoms with E-state index in [0.29, 0.717) is 0 Å². The molecule has 66 heavy (non-hydrogen) atoms. The van der Waals surface area contributed by atoms with E-state index in [0.717, 1.165) is 42.5 Å². The van der Waals surface area contributed by atoms with E-state index in [2.05, 4.69) is 236 Å². The van der Waals surface area contributed by atoms with Crippen molar-refractivity contribution in [1.82, 2.24) is 4.98 Å². The first-order chi connectivity index (χ1) is 31.9. The van der Waals surface area contributed by atoms with Gasteiger partial charge in [0.05, 0.1) is 5.69 Å². The molecule has 0 N–H and O–H groups in total. The van der Waals surface area contributed by atoms with Gasteiger partial charge in [-0.3, -0.25) is 4.98 Å². The summed E-state index contributed by atoms with van der Waals surface area (Å²) in [6.45, 7) is 13.8. The van der Waals surface area contributed by atoms with Crippen molar-refractivity contribution in [2.24, 2.45) is 0 Å². The van der Waals surface area contributed by atoms with Crippen molar-refractivity contribution < 1.29 is 0 Å². The maximum atomic E-state index is 4.89. The van der Waals surface area contributed by atoms with Crippen molar-refractivity contribution in [2.45, 2.75) is 78.1 Å². The predicted molar refractivity (Wildman–Crippen MR) is 284 cm³/mol. The van der Waals surface area contributed by atoms with Gasteiger partial charge in [-0.1, -0.05) is 217 Å². The van der Waals surface area contributed by atoms with Gasteiger partial charge in [-0.05, 0) is 154 Å². The fraction of sp³-hybridized carbons (Fsp3) is 0.185. The predicted octanol–water partition coefficient (Wildman–Crippen LogP) is 17.4. The molecule has 0 spiro atoms. The van der Waals surface area contributed by atoms with Crippen molar-refractivity contribution in [2.75, 3.05) is 0 Å². The number of hydrogen-bond acceptors (Lipinski definition) is 1. The fourth-order valence-electron chi connectivity index (χ4n) is 9.83. The van der Waals surface area contributed by atoms with Gasteiger partial charge in [0, 0.05) is 11.8 Å². The van der Waals surface area contributed by atoms with Crippen LogP contribution in [0.2, 0.25) is 0 Å². The van der Waals surface area contributed by atoms with Gasteiger partial charge >= 0.3 is 0 Å². The van der Waals surface area contributed by atoms with E-state index in [1.807, 2.05) is 6.20 Å². The van der Waals surface area contributed by atoms with Gasteiger partial charge in [0.2, 0.25) is 0 Å². The highest BCUT2D eigenvalue weighted by molar-refractivity contribution is 6.25. The Morgan fingerprint density at radius 3 is 1.29 bits per heavy atom. The summed E-state index contributed by atoms with van der Waals surface area (Å²) in [6, 6.07) is 72.5. The summed E-state index contributed by atoms with van der Waals surface area (Å²) < 4.78 is 0. The first-order valence-corrected chi connectivity index (χ1v) is 23.8. The van der Waals surface area contributed by atoms with Crippen molar-refractivity contribution in [3.63, 3.8) is 0 Å². The van der Waals surface area contributed by atoms with Crippen molar-refractivity contribution in [3.05, 3.63) is 234 Å². The Hall–Kier alpha value is -7.09. The zero-order valence-electron chi connectivity index (χ0n) is 39.3. The molecule has 0 amide bonds. The molecule has 1 heterocycles. The van der Waals surface area contributed by atoms with E-state index in [1.165, 1.54) is 93.5 Å². The third-order valence-corrected chi connectivity index (χ3v) is 13.6. The lowest BCUT2D eigenvalue weighted by Gasteiger charge is -2.20. The Morgan fingerprint density at radius 2 is 0.742 bits per heavy atom. The van der Waals surface area contributed by atoms with E-state index in [-0.39, 0.29) is 10.8 Å². The lowest BCUT2D eigenvalue weighted by Crippen LogP contribution is -2.11. The molecular weight excluding hydrogens is 795 g/mol. The second kappa shape index (κ2) is 17.7. The Morgan fingerprint density at radius 1 is 0.303 bits per heavy atom. The molecular formula is C65H59N. The monoisotopic (exact) mass is 853 g/mol. The number of aromatic nitrogens is 1. The van der Waals surface area contributed by atoms with Crippen LogP contribution in [0.15, 0.2) is 200 Å². The normalized spacial score (nSPS) is 12.0. The largest absolute Gasteiger partial charge is 0.256 e. The highest BCUT2D eigenvalue weighted by atomic mass is 14.7. The second-order valence-electron chi connectivity index (χ2n) is 20.3. The average Bonchev–Trinajstić information content (AvgIpc) is 3.35. The summed E-state index contributed by atoms with van der Waals surface area (Å²) in [5, 5.41) is 7.72. The Balaban J connectivity index is 0.958. The van der Waals surface area contributed by atoms with E-state index >= 15 is 0 Å².